The first kappa shape index (κ1) is 24.2. The van der Waals surface area contributed by atoms with Crippen molar-refractivity contribution in [1.82, 2.24) is 10.2 Å². The number of carbonyl (C=O) groups is 1. The van der Waals surface area contributed by atoms with Crippen LogP contribution in [0.1, 0.15) is 0 Å². The van der Waals surface area contributed by atoms with E-state index in [1.54, 1.807) is 30.3 Å². The monoisotopic (exact) mass is 510 g/mol. The number of nitrogens with zero attached hydrogens (tertiary/aromatic N) is 3. The zero-order valence-electron chi connectivity index (χ0n) is 18.9. The summed E-state index contributed by atoms with van der Waals surface area (Å²) in [5.74, 6) is 0.186. The topological polar surface area (TPSA) is 111 Å². The third-order valence-corrected chi connectivity index (χ3v) is 7.64. The number of nitrogens with one attached hydrogen (secondary N) is 1. The average Bonchev–Trinajstić information content (AvgIpc) is 3.36. The number of anilines is 2. The fourth-order valence-electron chi connectivity index (χ4n) is 3.28. The number of hydrogen-bond donors (Lipinski definition) is 1. The molecule has 0 radical (unpaired) electrons. The smallest absolute Gasteiger partial charge is 0.264 e. The van der Waals surface area contributed by atoms with Crippen molar-refractivity contribution < 1.29 is 22.7 Å². The summed E-state index contributed by atoms with van der Waals surface area (Å²) in [7, 11) is -1.15. The van der Waals surface area contributed by atoms with Crippen LogP contribution in [0.15, 0.2) is 83.8 Å². The molecule has 9 nitrogen and oxygen atoms in total. The molecule has 11 heteroatoms. The van der Waals surface area contributed by atoms with E-state index in [1.165, 1.54) is 43.8 Å². The summed E-state index contributed by atoms with van der Waals surface area (Å²) < 4.78 is 38.6. The molecule has 1 N–H and O–H groups in total. The van der Waals surface area contributed by atoms with Crippen molar-refractivity contribution in [2.45, 2.75) is 4.90 Å². The van der Waals surface area contributed by atoms with Crippen molar-refractivity contribution >= 4 is 38.1 Å². The first-order valence-corrected chi connectivity index (χ1v) is 12.7. The number of aromatic nitrogens is 2. The maximum atomic E-state index is 13.5. The minimum absolute atomic E-state index is 0.0462. The van der Waals surface area contributed by atoms with E-state index in [0.29, 0.717) is 16.5 Å². The van der Waals surface area contributed by atoms with Crippen LogP contribution >= 0.6 is 11.3 Å². The van der Waals surface area contributed by atoms with E-state index < -0.39 is 22.5 Å². The Morgan fingerprint density at radius 1 is 0.914 bits per heavy atom. The number of amides is 1. The number of ether oxygens (including phenoxy) is 2. The van der Waals surface area contributed by atoms with Crippen molar-refractivity contribution in [3.8, 4) is 22.1 Å². The van der Waals surface area contributed by atoms with E-state index >= 15 is 0 Å². The van der Waals surface area contributed by atoms with Gasteiger partial charge in [0.1, 0.15) is 11.6 Å². The molecule has 0 saturated carbocycles. The van der Waals surface area contributed by atoms with Crippen LogP contribution in [0.3, 0.4) is 0 Å². The maximum absolute atomic E-state index is 13.5. The predicted octanol–water partition coefficient (Wildman–Crippen LogP) is 4.06. The van der Waals surface area contributed by atoms with E-state index in [9.17, 15) is 13.2 Å². The third-order valence-electron chi connectivity index (χ3n) is 4.97. The van der Waals surface area contributed by atoms with E-state index in [0.717, 1.165) is 9.87 Å². The van der Waals surface area contributed by atoms with Gasteiger partial charge in [-0.3, -0.25) is 14.4 Å². The molecule has 0 aliphatic heterocycles. The summed E-state index contributed by atoms with van der Waals surface area (Å²) in [6.45, 7) is -0.493. The van der Waals surface area contributed by atoms with Gasteiger partial charge in [0.25, 0.3) is 10.0 Å². The fraction of sp³-hybridized carbons (Fsp3) is 0.125. The number of carbonyl (C=O) groups excluding carboxylic acids is 1. The Balaban J connectivity index is 1.63. The van der Waals surface area contributed by atoms with Crippen molar-refractivity contribution in [3.63, 3.8) is 0 Å². The fourth-order valence-corrected chi connectivity index (χ4v) is 5.47. The van der Waals surface area contributed by atoms with E-state index in [2.05, 4.69) is 15.5 Å². The summed E-state index contributed by atoms with van der Waals surface area (Å²) >= 11 is 1.19. The molecule has 0 bridgehead atoms. The molecular formula is C24H22N4O5S2. The van der Waals surface area contributed by atoms with Gasteiger partial charge < -0.3 is 9.47 Å². The molecule has 1 heterocycles. The third kappa shape index (κ3) is 5.42. The van der Waals surface area contributed by atoms with Crippen LogP contribution in [-0.4, -0.2) is 45.3 Å². The van der Waals surface area contributed by atoms with Crippen LogP contribution in [0.25, 0.3) is 10.6 Å². The van der Waals surface area contributed by atoms with Crippen LogP contribution < -0.4 is 19.1 Å². The molecule has 4 aromatic rings. The average molecular weight is 511 g/mol. The van der Waals surface area contributed by atoms with Crippen molar-refractivity contribution in [2.24, 2.45) is 0 Å². The lowest BCUT2D eigenvalue weighted by atomic mass is 10.2. The Kier molecular flexibility index (Phi) is 7.28. The summed E-state index contributed by atoms with van der Waals surface area (Å²) in [6.07, 6.45) is 0. The minimum atomic E-state index is -4.08. The normalized spacial score (nSPS) is 11.0. The number of rotatable bonds is 9. The SMILES string of the molecule is COc1ccc(N(CC(=O)Nc2nnc(-c3ccccc3)s2)S(=O)(=O)c2ccccc2)cc1OC. The summed E-state index contributed by atoms with van der Waals surface area (Å²) in [5, 5.41) is 11.7. The lowest BCUT2D eigenvalue weighted by Crippen LogP contribution is -2.38. The van der Waals surface area contributed by atoms with Gasteiger partial charge in [-0.1, -0.05) is 59.9 Å². The Morgan fingerprint density at radius 3 is 2.23 bits per heavy atom. The largest absolute Gasteiger partial charge is 0.493 e. The number of hydrogen-bond acceptors (Lipinski definition) is 8. The highest BCUT2D eigenvalue weighted by Gasteiger charge is 2.28. The Bertz CT molecular complexity index is 1410. The van der Waals surface area contributed by atoms with E-state index in [4.69, 9.17) is 9.47 Å². The predicted molar refractivity (Wildman–Crippen MR) is 134 cm³/mol. The number of benzene rings is 3. The second-order valence-electron chi connectivity index (χ2n) is 7.19. The highest BCUT2D eigenvalue weighted by molar-refractivity contribution is 7.92. The van der Waals surface area contributed by atoms with Crippen molar-refractivity contribution in [2.75, 3.05) is 30.4 Å². The van der Waals surface area contributed by atoms with E-state index in [1.807, 2.05) is 30.3 Å². The zero-order chi connectivity index (χ0) is 24.8. The van der Waals surface area contributed by atoms with Crippen LogP contribution in [0.5, 0.6) is 11.5 Å². The first-order valence-electron chi connectivity index (χ1n) is 10.4. The molecule has 0 aliphatic carbocycles. The van der Waals surface area contributed by atoms with Gasteiger partial charge in [-0.05, 0) is 24.3 Å². The minimum Gasteiger partial charge on any atom is -0.493 e. The second kappa shape index (κ2) is 10.5. The van der Waals surface area contributed by atoms with Gasteiger partial charge in [0, 0.05) is 11.6 Å². The molecule has 1 aromatic heterocycles. The van der Waals surface area contributed by atoms with Crippen molar-refractivity contribution in [1.29, 1.82) is 0 Å². The van der Waals surface area contributed by atoms with Crippen LogP contribution in [-0.2, 0) is 14.8 Å². The molecule has 35 heavy (non-hydrogen) atoms. The summed E-state index contributed by atoms with van der Waals surface area (Å²) in [4.78, 5) is 13.0. The van der Waals surface area contributed by atoms with Crippen LogP contribution in [0.2, 0.25) is 0 Å². The standard InChI is InChI=1S/C24H22N4O5S2/c1-32-20-14-13-18(15-21(20)33-2)28(35(30,31)19-11-7-4-8-12-19)16-22(29)25-24-27-26-23(34-24)17-9-5-3-6-10-17/h3-15H,16H2,1-2H3,(H,25,27,29). The molecule has 0 saturated heterocycles. The zero-order valence-corrected chi connectivity index (χ0v) is 20.5. The molecule has 3 aromatic carbocycles. The lowest BCUT2D eigenvalue weighted by Gasteiger charge is -2.24. The summed E-state index contributed by atoms with van der Waals surface area (Å²) in [6, 6.07) is 21.9. The Morgan fingerprint density at radius 2 is 1.57 bits per heavy atom. The van der Waals surface area contributed by atoms with Crippen molar-refractivity contribution in [3.05, 3.63) is 78.9 Å². The summed E-state index contributed by atoms with van der Waals surface area (Å²) in [5.41, 5.74) is 1.10. The number of sulfonamides is 1. The molecule has 180 valence electrons. The van der Waals surface area contributed by atoms with Gasteiger partial charge >= 0.3 is 0 Å². The van der Waals surface area contributed by atoms with Gasteiger partial charge in [-0.2, -0.15) is 0 Å². The maximum Gasteiger partial charge on any atom is 0.264 e. The Labute approximate surface area is 207 Å². The molecular weight excluding hydrogens is 488 g/mol. The van der Waals surface area contributed by atoms with E-state index in [-0.39, 0.29) is 15.7 Å². The number of methoxy groups -OCH3 is 2. The second-order valence-corrected chi connectivity index (χ2v) is 10.0. The molecule has 0 atom stereocenters. The van der Waals surface area contributed by atoms with Crippen LogP contribution in [0, 0.1) is 0 Å². The lowest BCUT2D eigenvalue weighted by molar-refractivity contribution is -0.114. The van der Waals surface area contributed by atoms with Crippen LogP contribution in [0.4, 0.5) is 10.8 Å². The molecule has 0 spiro atoms. The molecule has 1 amide bonds. The highest BCUT2D eigenvalue weighted by Crippen LogP contribution is 2.34. The molecule has 0 fully saturated rings. The van der Waals surface area contributed by atoms with Gasteiger partial charge in [0.15, 0.2) is 11.5 Å². The first-order chi connectivity index (χ1) is 16.9. The quantitative estimate of drug-likeness (QED) is 0.362. The van der Waals surface area contributed by atoms with Gasteiger partial charge in [0.2, 0.25) is 11.0 Å². The van der Waals surface area contributed by atoms with Gasteiger partial charge in [0.05, 0.1) is 24.8 Å². The highest BCUT2D eigenvalue weighted by atomic mass is 32.2. The van der Waals surface area contributed by atoms with Gasteiger partial charge in [-0.25, -0.2) is 8.42 Å². The molecule has 4 rings (SSSR count). The molecule has 0 aliphatic rings. The molecule has 0 unspecified atom stereocenters. The Hall–Kier alpha value is -3.96. The van der Waals surface area contributed by atoms with Gasteiger partial charge in [-0.15, -0.1) is 10.2 Å².